The lowest BCUT2D eigenvalue weighted by atomic mass is 9.85. The van der Waals surface area contributed by atoms with E-state index in [9.17, 15) is 4.79 Å². The number of aromatic nitrogens is 4. The second kappa shape index (κ2) is 6.77. The van der Waals surface area contributed by atoms with Crippen LogP contribution in [0.25, 0.3) is 11.0 Å². The number of benzene rings is 1. The molecule has 1 spiro atoms. The van der Waals surface area contributed by atoms with E-state index in [0.29, 0.717) is 12.3 Å². The molecule has 3 aliphatic rings. The molecule has 1 aromatic carbocycles. The van der Waals surface area contributed by atoms with Gasteiger partial charge < -0.3 is 9.47 Å². The molecule has 4 heterocycles. The first-order valence-electron chi connectivity index (χ1n) is 11.3. The average Bonchev–Trinajstić information content (AvgIpc) is 3.40. The van der Waals surface area contributed by atoms with E-state index in [1.54, 1.807) is 0 Å². The topological polar surface area (TPSA) is 67.2 Å². The molecular formula is C24H28N6O. The summed E-state index contributed by atoms with van der Waals surface area (Å²) in [6.07, 6.45) is 5.49. The van der Waals surface area contributed by atoms with Crippen LogP contribution in [0.15, 0.2) is 30.3 Å². The third-order valence-electron chi connectivity index (χ3n) is 7.46. The van der Waals surface area contributed by atoms with Gasteiger partial charge in [-0.2, -0.15) is 0 Å². The Balaban J connectivity index is 1.22. The number of anilines is 2. The Bertz CT molecular complexity index is 1170. The summed E-state index contributed by atoms with van der Waals surface area (Å²) in [5.74, 6) is 4.12. The number of aryl methyl sites for hydroxylation is 2. The maximum Gasteiger partial charge on any atom is 0.228 e. The fourth-order valence-corrected chi connectivity index (χ4v) is 5.76. The number of carbonyl (C=O) groups is 1. The van der Waals surface area contributed by atoms with Crippen LogP contribution >= 0.6 is 0 Å². The van der Waals surface area contributed by atoms with Crippen LogP contribution in [-0.4, -0.2) is 45.1 Å². The summed E-state index contributed by atoms with van der Waals surface area (Å²) >= 11 is 0. The van der Waals surface area contributed by atoms with Crippen molar-refractivity contribution in [3.8, 4) is 0 Å². The number of para-hydroxylation sites is 2. The summed E-state index contributed by atoms with van der Waals surface area (Å²) in [7, 11) is 2.10. The molecule has 0 atom stereocenters. The first kappa shape index (κ1) is 18.8. The Morgan fingerprint density at radius 2 is 1.77 bits per heavy atom. The first-order valence-corrected chi connectivity index (χ1v) is 11.3. The van der Waals surface area contributed by atoms with Gasteiger partial charge in [-0.15, -0.1) is 0 Å². The van der Waals surface area contributed by atoms with E-state index in [2.05, 4.69) is 44.7 Å². The van der Waals surface area contributed by atoms with E-state index in [1.165, 1.54) is 18.4 Å². The number of carbonyl (C=O) groups excluding carboxylic acids is 1. The highest BCUT2D eigenvalue weighted by Crippen LogP contribution is 2.47. The molecule has 0 bridgehead atoms. The van der Waals surface area contributed by atoms with Crippen LogP contribution in [0.3, 0.4) is 0 Å². The van der Waals surface area contributed by atoms with Gasteiger partial charge in [-0.05, 0) is 37.3 Å². The minimum Gasteiger partial charge on any atom is -0.355 e. The summed E-state index contributed by atoms with van der Waals surface area (Å²) in [6, 6.07) is 10.3. The molecule has 7 heteroatoms. The predicted octanol–water partition coefficient (Wildman–Crippen LogP) is 3.57. The Labute approximate surface area is 182 Å². The fourth-order valence-electron chi connectivity index (χ4n) is 5.76. The standard InChI is InChI=1S/C24H28N6O/c1-16-25-20(11-21(26-16)30-15-24(12-22(30)31)9-5-6-10-24)29-13-17(14-29)23-27-18-7-3-4-8-19(18)28(23)2/h3-4,7-8,11,17H,5-6,9-10,12-15H2,1-2H3. The molecule has 7 nitrogen and oxygen atoms in total. The van der Waals surface area contributed by atoms with Gasteiger partial charge in [0.15, 0.2) is 0 Å². The summed E-state index contributed by atoms with van der Waals surface area (Å²) < 4.78 is 2.21. The Kier molecular flexibility index (Phi) is 4.10. The summed E-state index contributed by atoms with van der Waals surface area (Å²) in [4.78, 5) is 31.2. The third-order valence-corrected chi connectivity index (χ3v) is 7.46. The minimum atomic E-state index is 0.179. The molecule has 1 saturated carbocycles. The van der Waals surface area contributed by atoms with Gasteiger partial charge in [-0.1, -0.05) is 25.0 Å². The molecular weight excluding hydrogens is 388 g/mol. The quantitative estimate of drug-likeness (QED) is 0.653. The van der Waals surface area contributed by atoms with Gasteiger partial charge >= 0.3 is 0 Å². The SMILES string of the molecule is Cc1nc(N2CC(c3nc4ccccc4n3C)C2)cc(N2CC3(CCCC3)CC2=O)n1. The average molecular weight is 417 g/mol. The second-order valence-electron chi connectivity index (χ2n) is 9.61. The molecule has 2 aromatic heterocycles. The zero-order chi connectivity index (χ0) is 21.2. The highest BCUT2D eigenvalue weighted by molar-refractivity contribution is 5.95. The molecule has 160 valence electrons. The van der Waals surface area contributed by atoms with Crippen LogP contribution in [0.2, 0.25) is 0 Å². The van der Waals surface area contributed by atoms with Crippen molar-refractivity contribution < 1.29 is 4.79 Å². The molecule has 1 aliphatic carbocycles. The van der Waals surface area contributed by atoms with Crippen LogP contribution in [0.4, 0.5) is 11.6 Å². The van der Waals surface area contributed by atoms with E-state index in [1.807, 2.05) is 24.0 Å². The number of hydrogen-bond acceptors (Lipinski definition) is 5. The molecule has 0 N–H and O–H groups in total. The van der Waals surface area contributed by atoms with Crippen molar-refractivity contribution in [3.63, 3.8) is 0 Å². The zero-order valence-corrected chi connectivity index (χ0v) is 18.2. The highest BCUT2D eigenvalue weighted by Gasteiger charge is 2.45. The van der Waals surface area contributed by atoms with E-state index in [-0.39, 0.29) is 11.3 Å². The van der Waals surface area contributed by atoms with Crippen molar-refractivity contribution in [1.82, 2.24) is 19.5 Å². The van der Waals surface area contributed by atoms with Crippen LogP contribution in [0.1, 0.15) is 49.7 Å². The van der Waals surface area contributed by atoms with E-state index in [4.69, 9.17) is 4.98 Å². The molecule has 31 heavy (non-hydrogen) atoms. The van der Waals surface area contributed by atoms with Crippen molar-refractivity contribution >= 4 is 28.6 Å². The number of amides is 1. The first-order chi connectivity index (χ1) is 15.0. The number of fused-ring (bicyclic) bond motifs is 1. The fraction of sp³-hybridized carbons (Fsp3) is 0.500. The highest BCUT2D eigenvalue weighted by atomic mass is 16.2. The second-order valence-corrected chi connectivity index (χ2v) is 9.61. The lowest BCUT2D eigenvalue weighted by Crippen LogP contribution is -2.46. The zero-order valence-electron chi connectivity index (χ0n) is 18.2. The molecule has 1 amide bonds. The summed E-state index contributed by atoms with van der Waals surface area (Å²) in [5, 5.41) is 0. The number of hydrogen-bond donors (Lipinski definition) is 0. The Morgan fingerprint density at radius 3 is 2.55 bits per heavy atom. The molecule has 3 aromatic rings. The molecule has 0 radical (unpaired) electrons. The van der Waals surface area contributed by atoms with Gasteiger partial charge in [0.1, 0.15) is 23.3 Å². The van der Waals surface area contributed by atoms with Crippen molar-refractivity contribution in [3.05, 3.63) is 42.0 Å². The van der Waals surface area contributed by atoms with Crippen molar-refractivity contribution in [2.75, 3.05) is 29.4 Å². The van der Waals surface area contributed by atoms with Gasteiger partial charge in [0.2, 0.25) is 5.91 Å². The van der Waals surface area contributed by atoms with Crippen molar-refractivity contribution in [2.45, 2.75) is 44.9 Å². The Hall–Kier alpha value is -2.96. The monoisotopic (exact) mass is 416 g/mol. The van der Waals surface area contributed by atoms with Crippen molar-refractivity contribution in [2.24, 2.45) is 12.5 Å². The molecule has 0 unspecified atom stereocenters. The molecule has 2 saturated heterocycles. The summed E-state index contributed by atoms with van der Waals surface area (Å²) in [5.41, 5.74) is 2.40. The largest absolute Gasteiger partial charge is 0.355 e. The third kappa shape index (κ3) is 3.01. The van der Waals surface area contributed by atoms with Crippen LogP contribution in [0, 0.1) is 12.3 Å². The maximum absolute atomic E-state index is 12.8. The predicted molar refractivity (Wildman–Crippen MR) is 120 cm³/mol. The number of rotatable bonds is 3. The van der Waals surface area contributed by atoms with Gasteiger partial charge in [0, 0.05) is 39.2 Å². The molecule has 2 aliphatic heterocycles. The van der Waals surface area contributed by atoms with Crippen LogP contribution < -0.4 is 9.80 Å². The van der Waals surface area contributed by atoms with Crippen molar-refractivity contribution in [1.29, 1.82) is 0 Å². The van der Waals surface area contributed by atoms with E-state index >= 15 is 0 Å². The number of imidazole rings is 1. The minimum absolute atomic E-state index is 0.179. The van der Waals surface area contributed by atoms with Gasteiger partial charge in [-0.3, -0.25) is 9.69 Å². The van der Waals surface area contributed by atoms with Crippen LogP contribution in [0.5, 0.6) is 0 Å². The van der Waals surface area contributed by atoms with Gasteiger partial charge in [-0.25, -0.2) is 15.0 Å². The van der Waals surface area contributed by atoms with E-state index < -0.39 is 0 Å². The van der Waals surface area contributed by atoms with Gasteiger partial charge in [0.25, 0.3) is 0 Å². The smallest absolute Gasteiger partial charge is 0.228 e. The van der Waals surface area contributed by atoms with Gasteiger partial charge in [0.05, 0.1) is 17.0 Å². The lowest BCUT2D eigenvalue weighted by molar-refractivity contribution is -0.117. The van der Waals surface area contributed by atoms with Crippen LogP contribution in [-0.2, 0) is 11.8 Å². The Morgan fingerprint density at radius 1 is 1.03 bits per heavy atom. The lowest BCUT2D eigenvalue weighted by Gasteiger charge is -2.40. The normalized spacial score (nSPS) is 20.9. The number of nitrogens with zero attached hydrogens (tertiary/aromatic N) is 6. The maximum atomic E-state index is 12.8. The summed E-state index contributed by atoms with van der Waals surface area (Å²) in [6.45, 7) is 4.49. The molecule has 6 rings (SSSR count). The van der Waals surface area contributed by atoms with E-state index in [0.717, 1.165) is 61.3 Å². The molecule has 3 fully saturated rings.